The van der Waals surface area contributed by atoms with E-state index in [1.807, 2.05) is 0 Å². The highest BCUT2D eigenvalue weighted by atomic mass is 79.9. The van der Waals surface area contributed by atoms with Crippen LogP contribution in [-0.2, 0) is 6.54 Å². The molecule has 0 heterocycles. The quantitative estimate of drug-likeness (QED) is 0.867. The maximum absolute atomic E-state index is 6.02. The second kappa shape index (κ2) is 7.58. The van der Waals surface area contributed by atoms with Crippen LogP contribution in [0.15, 0.2) is 59.1 Å². The number of hydrogen-bond donors (Lipinski definition) is 1. The van der Waals surface area contributed by atoms with Crippen LogP contribution in [0, 0.1) is 0 Å². The third-order valence-corrected chi connectivity index (χ3v) is 4.08. The molecular weight excluding hydrogens is 312 g/mol. The standard InChI is InChI=1S/C17H21BrN2/c1-2-20(13-14-6-4-3-5-7-14)17(12-19)15-8-10-16(18)11-9-15/h3-11,17H,2,12-13,19H2,1H3. The van der Waals surface area contributed by atoms with E-state index in [-0.39, 0.29) is 6.04 Å². The Morgan fingerprint density at radius 3 is 2.25 bits per heavy atom. The fourth-order valence-electron chi connectivity index (χ4n) is 2.44. The van der Waals surface area contributed by atoms with E-state index in [9.17, 15) is 0 Å². The first-order chi connectivity index (χ1) is 9.74. The highest BCUT2D eigenvalue weighted by molar-refractivity contribution is 9.10. The van der Waals surface area contributed by atoms with Crippen LogP contribution in [0.1, 0.15) is 24.1 Å². The minimum Gasteiger partial charge on any atom is -0.329 e. The molecule has 2 N–H and O–H groups in total. The van der Waals surface area contributed by atoms with Crippen molar-refractivity contribution in [1.82, 2.24) is 4.90 Å². The highest BCUT2D eigenvalue weighted by Crippen LogP contribution is 2.23. The summed E-state index contributed by atoms with van der Waals surface area (Å²) in [5.74, 6) is 0. The van der Waals surface area contributed by atoms with Crippen LogP contribution in [0.3, 0.4) is 0 Å². The normalized spacial score (nSPS) is 12.6. The van der Waals surface area contributed by atoms with E-state index in [1.54, 1.807) is 0 Å². The van der Waals surface area contributed by atoms with E-state index in [1.165, 1.54) is 11.1 Å². The Kier molecular flexibility index (Phi) is 5.77. The van der Waals surface area contributed by atoms with Gasteiger partial charge in [0.2, 0.25) is 0 Å². The highest BCUT2D eigenvalue weighted by Gasteiger charge is 2.17. The Bertz CT molecular complexity index is 510. The number of halogens is 1. The Morgan fingerprint density at radius 2 is 1.70 bits per heavy atom. The summed E-state index contributed by atoms with van der Waals surface area (Å²) in [5.41, 5.74) is 8.62. The van der Waals surface area contributed by atoms with Crippen molar-refractivity contribution in [3.8, 4) is 0 Å². The predicted molar refractivity (Wildman–Crippen MR) is 88.5 cm³/mol. The van der Waals surface area contributed by atoms with Gasteiger partial charge in [-0.05, 0) is 29.8 Å². The van der Waals surface area contributed by atoms with Gasteiger partial charge in [-0.1, -0.05) is 65.3 Å². The second-order valence-corrected chi connectivity index (χ2v) is 5.77. The van der Waals surface area contributed by atoms with E-state index in [4.69, 9.17) is 5.73 Å². The van der Waals surface area contributed by atoms with Crippen LogP contribution >= 0.6 is 15.9 Å². The average molecular weight is 333 g/mol. The van der Waals surface area contributed by atoms with Crippen molar-refractivity contribution < 1.29 is 0 Å². The molecular formula is C17H21BrN2. The van der Waals surface area contributed by atoms with E-state index in [0.29, 0.717) is 6.54 Å². The molecule has 0 aliphatic heterocycles. The fraction of sp³-hybridized carbons (Fsp3) is 0.294. The molecule has 0 saturated heterocycles. The van der Waals surface area contributed by atoms with Crippen LogP contribution in [0.5, 0.6) is 0 Å². The first-order valence-electron chi connectivity index (χ1n) is 6.98. The Hall–Kier alpha value is -1.16. The topological polar surface area (TPSA) is 29.3 Å². The largest absolute Gasteiger partial charge is 0.329 e. The Labute approximate surface area is 129 Å². The summed E-state index contributed by atoms with van der Waals surface area (Å²) in [7, 11) is 0. The molecule has 0 saturated carbocycles. The van der Waals surface area contributed by atoms with E-state index in [0.717, 1.165) is 17.6 Å². The molecule has 20 heavy (non-hydrogen) atoms. The Morgan fingerprint density at radius 1 is 1.05 bits per heavy atom. The Balaban J connectivity index is 2.17. The van der Waals surface area contributed by atoms with E-state index in [2.05, 4.69) is 82.4 Å². The molecule has 106 valence electrons. The van der Waals surface area contributed by atoms with Gasteiger partial charge in [-0.3, -0.25) is 4.90 Å². The average Bonchev–Trinajstić information content (AvgIpc) is 2.49. The zero-order valence-electron chi connectivity index (χ0n) is 11.8. The van der Waals surface area contributed by atoms with Gasteiger partial charge in [0.1, 0.15) is 0 Å². The van der Waals surface area contributed by atoms with Crippen LogP contribution in [0.4, 0.5) is 0 Å². The van der Waals surface area contributed by atoms with Crippen molar-refractivity contribution in [2.24, 2.45) is 5.73 Å². The lowest BCUT2D eigenvalue weighted by atomic mass is 10.0. The lowest BCUT2D eigenvalue weighted by Crippen LogP contribution is -2.33. The third kappa shape index (κ3) is 3.92. The smallest absolute Gasteiger partial charge is 0.0473 e. The number of hydrogen-bond acceptors (Lipinski definition) is 2. The van der Waals surface area contributed by atoms with Gasteiger partial charge in [-0.15, -0.1) is 0 Å². The van der Waals surface area contributed by atoms with Gasteiger partial charge in [0.25, 0.3) is 0 Å². The zero-order chi connectivity index (χ0) is 14.4. The van der Waals surface area contributed by atoms with Crippen LogP contribution in [0.25, 0.3) is 0 Å². The molecule has 0 fully saturated rings. The number of nitrogens with zero attached hydrogens (tertiary/aromatic N) is 1. The molecule has 0 aliphatic rings. The lowest BCUT2D eigenvalue weighted by molar-refractivity contribution is 0.203. The van der Waals surface area contributed by atoms with Crippen molar-refractivity contribution in [3.63, 3.8) is 0 Å². The summed E-state index contributed by atoms with van der Waals surface area (Å²) >= 11 is 3.48. The third-order valence-electron chi connectivity index (χ3n) is 3.55. The number of rotatable bonds is 6. The molecule has 0 spiro atoms. The molecule has 0 amide bonds. The van der Waals surface area contributed by atoms with E-state index < -0.39 is 0 Å². The van der Waals surface area contributed by atoms with Crippen molar-refractivity contribution in [1.29, 1.82) is 0 Å². The molecule has 0 aliphatic carbocycles. The molecule has 0 bridgehead atoms. The van der Waals surface area contributed by atoms with Crippen LogP contribution in [0.2, 0.25) is 0 Å². The monoisotopic (exact) mass is 332 g/mol. The summed E-state index contributed by atoms with van der Waals surface area (Å²) in [6.45, 7) is 4.72. The van der Waals surface area contributed by atoms with Crippen LogP contribution < -0.4 is 5.73 Å². The van der Waals surface area contributed by atoms with Gasteiger partial charge in [0, 0.05) is 23.6 Å². The number of nitrogens with two attached hydrogens (primary N) is 1. The maximum Gasteiger partial charge on any atom is 0.0473 e. The van der Waals surface area contributed by atoms with E-state index >= 15 is 0 Å². The fourth-order valence-corrected chi connectivity index (χ4v) is 2.71. The zero-order valence-corrected chi connectivity index (χ0v) is 13.4. The molecule has 3 heteroatoms. The molecule has 0 aromatic heterocycles. The predicted octanol–water partition coefficient (Wildman–Crippen LogP) is 3.97. The van der Waals surface area contributed by atoms with Crippen molar-refractivity contribution in [3.05, 3.63) is 70.2 Å². The first kappa shape index (κ1) is 15.2. The molecule has 1 unspecified atom stereocenters. The number of benzene rings is 2. The SMILES string of the molecule is CCN(Cc1ccccc1)C(CN)c1ccc(Br)cc1. The van der Waals surface area contributed by atoms with Gasteiger partial charge >= 0.3 is 0 Å². The van der Waals surface area contributed by atoms with Crippen molar-refractivity contribution >= 4 is 15.9 Å². The first-order valence-corrected chi connectivity index (χ1v) is 7.77. The van der Waals surface area contributed by atoms with Crippen molar-refractivity contribution in [2.45, 2.75) is 19.5 Å². The van der Waals surface area contributed by atoms with Gasteiger partial charge in [0.15, 0.2) is 0 Å². The summed E-state index contributed by atoms with van der Waals surface area (Å²) in [4.78, 5) is 2.42. The molecule has 1 atom stereocenters. The summed E-state index contributed by atoms with van der Waals surface area (Å²) in [5, 5.41) is 0. The molecule has 2 aromatic rings. The maximum atomic E-state index is 6.02. The van der Waals surface area contributed by atoms with Gasteiger partial charge in [-0.2, -0.15) is 0 Å². The molecule has 2 rings (SSSR count). The molecule has 2 nitrogen and oxygen atoms in total. The van der Waals surface area contributed by atoms with Gasteiger partial charge < -0.3 is 5.73 Å². The molecule has 0 radical (unpaired) electrons. The second-order valence-electron chi connectivity index (χ2n) is 4.85. The number of likely N-dealkylation sites (N-methyl/N-ethyl adjacent to an activating group) is 1. The minimum atomic E-state index is 0.258. The molecule has 2 aromatic carbocycles. The lowest BCUT2D eigenvalue weighted by Gasteiger charge is -2.30. The van der Waals surface area contributed by atoms with Gasteiger partial charge in [-0.25, -0.2) is 0 Å². The minimum absolute atomic E-state index is 0.258. The van der Waals surface area contributed by atoms with Crippen LogP contribution in [-0.4, -0.2) is 18.0 Å². The summed E-state index contributed by atoms with van der Waals surface area (Å²) < 4.78 is 1.10. The summed E-state index contributed by atoms with van der Waals surface area (Å²) in [6, 6.07) is 19.3. The van der Waals surface area contributed by atoms with Crippen molar-refractivity contribution in [2.75, 3.05) is 13.1 Å². The van der Waals surface area contributed by atoms with Gasteiger partial charge in [0.05, 0.1) is 0 Å². The summed E-state index contributed by atoms with van der Waals surface area (Å²) in [6.07, 6.45) is 0.